The zero-order valence-electron chi connectivity index (χ0n) is 12.7. The highest BCUT2D eigenvalue weighted by Gasteiger charge is 2.30. The first-order valence-corrected chi connectivity index (χ1v) is 8.73. The summed E-state index contributed by atoms with van der Waals surface area (Å²) in [7, 11) is -1.77. The van der Waals surface area contributed by atoms with Crippen LogP contribution in [0, 0.1) is 5.92 Å². The molecule has 21 heavy (non-hydrogen) atoms. The van der Waals surface area contributed by atoms with Crippen LogP contribution < -0.4 is 5.73 Å². The van der Waals surface area contributed by atoms with Gasteiger partial charge in [0.15, 0.2) is 0 Å². The fourth-order valence-electron chi connectivity index (χ4n) is 2.71. The summed E-state index contributed by atoms with van der Waals surface area (Å²) in [5, 5.41) is 0. The van der Waals surface area contributed by atoms with Crippen LogP contribution in [-0.4, -0.2) is 39.5 Å². The molecule has 118 valence electrons. The standard InChI is InChI=1S/C15H24N2O3S/c1-12(16)14-5-7-15(8-6-14)21(18,19)17-9-3-4-13(10-17)11-20-2/h5-8,12-13H,3-4,9-11,16H2,1-2H3. The number of hydrogen-bond acceptors (Lipinski definition) is 4. The van der Waals surface area contributed by atoms with Gasteiger partial charge in [-0.1, -0.05) is 12.1 Å². The first-order chi connectivity index (χ1) is 9.95. The van der Waals surface area contributed by atoms with Crippen molar-refractivity contribution in [2.75, 3.05) is 26.8 Å². The molecule has 2 atom stereocenters. The smallest absolute Gasteiger partial charge is 0.243 e. The third-order valence-corrected chi connectivity index (χ3v) is 5.81. The van der Waals surface area contributed by atoms with E-state index in [1.54, 1.807) is 35.7 Å². The van der Waals surface area contributed by atoms with Gasteiger partial charge >= 0.3 is 0 Å². The van der Waals surface area contributed by atoms with Crippen LogP contribution >= 0.6 is 0 Å². The second kappa shape index (κ2) is 6.87. The van der Waals surface area contributed by atoms with Crippen molar-refractivity contribution in [1.29, 1.82) is 0 Å². The highest BCUT2D eigenvalue weighted by Crippen LogP contribution is 2.24. The van der Waals surface area contributed by atoms with E-state index in [0.29, 0.717) is 24.6 Å². The van der Waals surface area contributed by atoms with Gasteiger partial charge in [-0.3, -0.25) is 0 Å². The van der Waals surface area contributed by atoms with E-state index in [2.05, 4.69) is 0 Å². The predicted octanol–water partition coefficient (Wildman–Crippen LogP) is 1.75. The van der Waals surface area contributed by atoms with Crippen molar-refractivity contribution in [1.82, 2.24) is 4.31 Å². The molecule has 1 aliphatic heterocycles. The highest BCUT2D eigenvalue weighted by atomic mass is 32.2. The van der Waals surface area contributed by atoms with E-state index in [1.165, 1.54) is 0 Å². The Bertz CT molecular complexity index is 553. The van der Waals surface area contributed by atoms with Crippen LogP contribution in [0.4, 0.5) is 0 Å². The number of rotatable bonds is 5. The Morgan fingerprint density at radius 2 is 2.05 bits per heavy atom. The van der Waals surface area contributed by atoms with Crippen LogP contribution in [0.25, 0.3) is 0 Å². The summed E-state index contributed by atoms with van der Waals surface area (Å²) >= 11 is 0. The van der Waals surface area contributed by atoms with E-state index >= 15 is 0 Å². The van der Waals surface area contributed by atoms with Gasteiger partial charge in [-0.25, -0.2) is 8.42 Å². The lowest BCUT2D eigenvalue weighted by molar-refractivity contribution is 0.118. The molecule has 5 nitrogen and oxygen atoms in total. The lowest BCUT2D eigenvalue weighted by atomic mass is 10.0. The van der Waals surface area contributed by atoms with E-state index < -0.39 is 10.0 Å². The van der Waals surface area contributed by atoms with Gasteiger partial charge in [-0.05, 0) is 43.4 Å². The monoisotopic (exact) mass is 312 g/mol. The Morgan fingerprint density at radius 3 is 2.62 bits per heavy atom. The van der Waals surface area contributed by atoms with Gasteiger partial charge in [-0.15, -0.1) is 0 Å². The second-order valence-corrected chi connectivity index (χ2v) is 7.62. The van der Waals surface area contributed by atoms with E-state index in [1.807, 2.05) is 6.92 Å². The molecule has 0 aliphatic carbocycles. The second-order valence-electron chi connectivity index (χ2n) is 5.68. The molecule has 0 aromatic heterocycles. The van der Waals surface area contributed by atoms with E-state index in [0.717, 1.165) is 18.4 Å². The molecule has 1 aliphatic rings. The molecule has 0 radical (unpaired) electrons. The Balaban J connectivity index is 2.17. The average Bonchev–Trinajstić information content (AvgIpc) is 2.48. The molecule has 0 amide bonds. The number of nitrogens with two attached hydrogens (primary N) is 1. The van der Waals surface area contributed by atoms with Crippen LogP contribution in [0.3, 0.4) is 0 Å². The van der Waals surface area contributed by atoms with Gasteiger partial charge in [0.2, 0.25) is 10.0 Å². The zero-order valence-corrected chi connectivity index (χ0v) is 13.5. The summed E-state index contributed by atoms with van der Waals surface area (Å²) in [4.78, 5) is 0.338. The normalized spacial score (nSPS) is 22.1. The summed E-state index contributed by atoms with van der Waals surface area (Å²) in [6, 6.07) is 6.77. The summed E-state index contributed by atoms with van der Waals surface area (Å²) in [5.41, 5.74) is 6.73. The predicted molar refractivity (Wildman–Crippen MR) is 82.4 cm³/mol. The number of ether oxygens (including phenoxy) is 1. The molecule has 2 N–H and O–H groups in total. The number of benzene rings is 1. The minimum Gasteiger partial charge on any atom is -0.384 e. The van der Waals surface area contributed by atoms with Crippen molar-refractivity contribution in [3.63, 3.8) is 0 Å². The Hall–Kier alpha value is -0.950. The third kappa shape index (κ3) is 3.83. The van der Waals surface area contributed by atoms with Crippen molar-refractivity contribution in [2.24, 2.45) is 11.7 Å². The van der Waals surface area contributed by atoms with E-state index in [9.17, 15) is 8.42 Å². The maximum absolute atomic E-state index is 12.7. The first kappa shape index (κ1) is 16.4. The molecule has 0 spiro atoms. The quantitative estimate of drug-likeness (QED) is 0.899. The minimum absolute atomic E-state index is 0.0946. The third-order valence-electron chi connectivity index (χ3n) is 3.93. The molecule has 0 saturated carbocycles. The Kier molecular flexibility index (Phi) is 5.37. The van der Waals surface area contributed by atoms with Gasteiger partial charge in [0, 0.05) is 26.2 Å². The van der Waals surface area contributed by atoms with E-state index in [-0.39, 0.29) is 12.0 Å². The highest BCUT2D eigenvalue weighted by molar-refractivity contribution is 7.89. The summed E-state index contributed by atoms with van der Waals surface area (Å²) in [5.74, 6) is 0.280. The summed E-state index contributed by atoms with van der Waals surface area (Å²) in [6.45, 7) is 3.60. The number of nitrogens with zero attached hydrogens (tertiary/aromatic N) is 1. The number of piperidine rings is 1. The minimum atomic E-state index is -3.42. The van der Waals surface area contributed by atoms with Gasteiger partial charge in [0.1, 0.15) is 0 Å². The molecular weight excluding hydrogens is 288 g/mol. The van der Waals surface area contributed by atoms with Crippen molar-refractivity contribution in [3.8, 4) is 0 Å². The van der Waals surface area contributed by atoms with Crippen LogP contribution in [0.2, 0.25) is 0 Å². The SMILES string of the molecule is COCC1CCCN(S(=O)(=O)c2ccc(C(C)N)cc2)C1. The molecule has 0 bridgehead atoms. The van der Waals surface area contributed by atoms with Crippen LogP contribution in [0.5, 0.6) is 0 Å². The maximum Gasteiger partial charge on any atom is 0.243 e. The molecule has 2 unspecified atom stereocenters. The number of sulfonamides is 1. The molecule has 6 heteroatoms. The molecular formula is C15H24N2O3S. The summed E-state index contributed by atoms with van der Waals surface area (Å²) < 4.78 is 32.1. The van der Waals surface area contributed by atoms with Crippen LogP contribution in [0.15, 0.2) is 29.2 Å². The molecule has 1 aromatic rings. The fourth-order valence-corrected chi connectivity index (χ4v) is 4.26. The fraction of sp³-hybridized carbons (Fsp3) is 0.600. The first-order valence-electron chi connectivity index (χ1n) is 7.29. The molecule has 1 aromatic carbocycles. The van der Waals surface area contributed by atoms with Gasteiger partial charge in [0.05, 0.1) is 11.5 Å². The van der Waals surface area contributed by atoms with Gasteiger partial charge in [0.25, 0.3) is 0 Å². The number of methoxy groups -OCH3 is 1. The Labute approximate surface area is 127 Å². The molecule has 1 heterocycles. The Morgan fingerprint density at radius 1 is 1.38 bits per heavy atom. The average molecular weight is 312 g/mol. The molecule has 2 rings (SSSR count). The van der Waals surface area contributed by atoms with E-state index in [4.69, 9.17) is 10.5 Å². The van der Waals surface area contributed by atoms with Crippen LogP contribution in [0.1, 0.15) is 31.4 Å². The number of hydrogen-bond donors (Lipinski definition) is 1. The zero-order chi connectivity index (χ0) is 15.5. The van der Waals surface area contributed by atoms with Gasteiger partial charge < -0.3 is 10.5 Å². The maximum atomic E-state index is 12.7. The van der Waals surface area contributed by atoms with Crippen molar-refractivity contribution in [2.45, 2.75) is 30.7 Å². The largest absolute Gasteiger partial charge is 0.384 e. The summed E-state index contributed by atoms with van der Waals surface area (Å²) in [6.07, 6.45) is 1.90. The van der Waals surface area contributed by atoms with Crippen LogP contribution in [-0.2, 0) is 14.8 Å². The van der Waals surface area contributed by atoms with Gasteiger partial charge in [-0.2, -0.15) is 4.31 Å². The molecule has 1 saturated heterocycles. The molecule has 1 fully saturated rings. The van der Waals surface area contributed by atoms with Crippen molar-refractivity contribution in [3.05, 3.63) is 29.8 Å². The topological polar surface area (TPSA) is 72.6 Å². The van der Waals surface area contributed by atoms with Crippen molar-refractivity contribution >= 4 is 10.0 Å². The lowest BCUT2D eigenvalue weighted by Crippen LogP contribution is -2.41. The van der Waals surface area contributed by atoms with Crippen molar-refractivity contribution < 1.29 is 13.2 Å². The lowest BCUT2D eigenvalue weighted by Gasteiger charge is -2.31.